The van der Waals surface area contributed by atoms with Crippen LogP contribution in [0.1, 0.15) is 53.4 Å². The predicted molar refractivity (Wildman–Crippen MR) is 66.0 cm³/mol. The van der Waals surface area contributed by atoms with Crippen molar-refractivity contribution < 1.29 is 5.11 Å². The van der Waals surface area contributed by atoms with Crippen molar-refractivity contribution in [1.82, 2.24) is 0 Å². The molecule has 92 valence electrons. The molecular weight excluding hydrogens is 196 g/mol. The van der Waals surface area contributed by atoms with E-state index in [1.807, 2.05) is 0 Å². The molecule has 0 amide bonds. The lowest BCUT2D eigenvalue weighted by Gasteiger charge is -2.36. The predicted octanol–water partition coefficient (Wildman–Crippen LogP) is 3.47. The quantitative estimate of drug-likeness (QED) is 0.775. The number of fused-ring (bicyclic) bond motifs is 1. The molecule has 0 aromatic rings. The van der Waals surface area contributed by atoms with Crippen LogP contribution in [-0.2, 0) is 0 Å². The molecule has 1 nitrogen and oxygen atoms in total. The molecule has 16 heavy (non-hydrogen) atoms. The average Bonchev–Trinajstić information content (AvgIpc) is 3.03. The minimum absolute atomic E-state index is 0.282. The maximum atomic E-state index is 9.35. The lowest BCUT2D eigenvalue weighted by atomic mass is 9.69. The summed E-state index contributed by atoms with van der Waals surface area (Å²) in [7, 11) is 0. The standard InChI is InChI=1S/C15H26O/c1-13(2)10(6-12-8-15(12,13)4)5-11-7-14(11,3)9-16/h10-12,16H,5-9H2,1-4H3/t10?,11?,12?,14-,15+/m1/s1. The van der Waals surface area contributed by atoms with Gasteiger partial charge in [-0.15, -0.1) is 0 Å². The van der Waals surface area contributed by atoms with E-state index in [9.17, 15) is 5.11 Å². The van der Waals surface area contributed by atoms with Crippen molar-refractivity contribution in [1.29, 1.82) is 0 Å². The second kappa shape index (κ2) is 2.85. The fourth-order valence-corrected chi connectivity index (χ4v) is 4.49. The monoisotopic (exact) mass is 222 g/mol. The Kier molecular flexibility index (Phi) is 1.98. The number of rotatable bonds is 3. The van der Waals surface area contributed by atoms with Gasteiger partial charge in [-0.1, -0.05) is 27.7 Å². The molecule has 0 spiro atoms. The zero-order valence-electron chi connectivity index (χ0n) is 11.2. The van der Waals surface area contributed by atoms with E-state index >= 15 is 0 Å². The Balaban J connectivity index is 1.66. The average molecular weight is 222 g/mol. The van der Waals surface area contributed by atoms with Gasteiger partial charge in [-0.25, -0.2) is 0 Å². The van der Waals surface area contributed by atoms with Gasteiger partial charge in [-0.3, -0.25) is 0 Å². The highest BCUT2D eigenvalue weighted by Crippen LogP contribution is 2.75. The Hall–Kier alpha value is -0.0400. The summed E-state index contributed by atoms with van der Waals surface area (Å²) in [6, 6.07) is 0. The molecule has 3 fully saturated rings. The molecule has 0 radical (unpaired) electrons. The third-order valence-corrected chi connectivity index (χ3v) is 6.94. The molecule has 1 heteroatoms. The minimum Gasteiger partial charge on any atom is -0.396 e. The Morgan fingerprint density at radius 3 is 2.19 bits per heavy atom. The maximum absolute atomic E-state index is 9.35. The zero-order chi connectivity index (χ0) is 11.8. The summed E-state index contributed by atoms with van der Waals surface area (Å²) >= 11 is 0. The molecule has 3 aliphatic rings. The lowest BCUT2D eigenvalue weighted by molar-refractivity contribution is 0.126. The van der Waals surface area contributed by atoms with Crippen molar-refractivity contribution in [3.8, 4) is 0 Å². The molecule has 3 rings (SSSR count). The topological polar surface area (TPSA) is 20.2 Å². The van der Waals surface area contributed by atoms with E-state index in [1.165, 1.54) is 25.7 Å². The van der Waals surface area contributed by atoms with E-state index in [1.54, 1.807) is 0 Å². The van der Waals surface area contributed by atoms with Gasteiger partial charge in [0.2, 0.25) is 0 Å². The maximum Gasteiger partial charge on any atom is 0.0487 e. The SMILES string of the molecule is CC1(C)C(CC2C[C@]2(C)CO)CC2C[C@@]21C. The number of hydrogen-bond donors (Lipinski definition) is 1. The van der Waals surface area contributed by atoms with Crippen LogP contribution in [0.4, 0.5) is 0 Å². The van der Waals surface area contributed by atoms with Gasteiger partial charge in [-0.2, -0.15) is 0 Å². The van der Waals surface area contributed by atoms with Crippen molar-refractivity contribution in [2.75, 3.05) is 6.61 Å². The lowest BCUT2D eigenvalue weighted by Crippen LogP contribution is -2.28. The highest BCUT2D eigenvalue weighted by atomic mass is 16.3. The first kappa shape index (κ1) is 11.1. The van der Waals surface area contributed by atoms with Crippen molar-refractivity contribution in [2.24, 2.45) is 34.0 Å². The van der Waals surface area contributed by atoms with Crippen LogP contribution in [0.3, 0.4) is 0 Å². The highest BCUT2D eigenvalue weighted by molar-refractivity contribution is 5.16. The van der Waals surface area contributed by atoms with Crippen molar-refractivity contribution in [3.05, 3.63) is 0 Å². The second-order valence-electron chi connectivity index (χ2n) is 7.92. The summed E-state index contributed by atoms with van der Waals surface area (Å²) in [5.74, 6) is 2.74. The Morgan fingerprint density at radius 2 is 1.75 bits per heavy atom. The molecule has 5 atom stereocenters. The summed E-state index contributed by atoms with van der Waals surface area (Å²) in [5, 5.41) is 9.35. The second-order valence-corrected chi connectivity index (χ2v) is 7.92. The first-order valence-corrected chi connectivity index (χ1v) is 6.94. The van der Waals surface area contributed by atoms with Crippen LogP contribution in [0.5, 0.6) is 0 Å². The van der Waals surface area contributed by atoms with Crippen LogP contribution >= 0.6 is 0 Å². The molecule has 0 heterocycles. The van der Waals surface area contributed by atoms with E-state index in [2.05, 4.69) is 27.7 Å². The highest BCUT2D eigenvalue weighted by Gasteiger charge is 2.68. The van der Waals surface area contributed by atoms with Crippen LogP contribution in [0.25, 0.3) is 0 Å². The van der Waals surface area contributed by atoms with Crippen LogP contribution in [-0.4, -0.2) is 11.7 Å². The molecular formula is C15H26O. The first-order valence-electron chi connectivity index (χ1n) is 6.94. The largest absolute Gasteiger partial charge is 0.396 e. The Morgan fingerprint density at radius 1 is 1.06 bits per heavy atom. The Bertz CT molecular complexity index is 321. The van der Waals surface area contributed by atoms with E-state index in [0.29, 0.717) is 17.4 Å². The molecule has 1 N–H and O–H groups in total. The van der Waals surface area contributed by atoms with Crippen LogP contribution in [0, 0.1) is 34.0 Å². The summed E-state index contributed by atoms with van der Waals surface area (Å²) in [4.78, 5) is 0. The third-order valence-electron chi connectivity index (χ3n) is 6.94. The van der Waals surface area contributed by atoms with E-state index in [0.717, 1.165) is 17.8 Å². The molecule has 3 aliphatic carbocycles. The fourth-order valence-electron chi connectivity index (χ4n) is 4.49. The number of hydrogen-bond acceptors (Lipinski definition) is 1. The summed E-state index contributed by atoms with van der Waals surface area (Å²) < 4.78 is 0. The van der Waals surface area contributed by atoms with Crippen molar-refractivity contribution >= 4 is 0 Å². The molecule has 3 saturated carbocycles. The van der Waals surface area contributed by atoms with Crippen molar-refractivity contribution in [2.45, 2.75) is 53.4 Å². The molecule has 3 unspecified atom stereocenters. The zero-order valence-corrected chi connectivity index (χ0v) is 11.2. The van der Waals surface area contributed by atoms with E-state index < -0.39 is 0 Å². The molecule has 0 aliphatic heterocycles. The molecule has 0 aromatic carbocycles. The van der Waals surface area contributed by atoms with Gasteiger partial charge in [0.1, 0.15) is 0 Å². The smallest absolute Gasteiger partial charge is 0.0487 e. The van der Waals surface area contributed by atoms with Crippen molar-refractivity contribution in [3.63, 3.8) is 0 Å². The molecule has 0 aromatic heterocycles. The molecule has 0 bridgehead atoms. The normalized spacial score (nSPS) is 57.2. The molecule has 0 saturated heterocycles. The summed E-state index contributed by atoms with van der Waals surface area (Å²) in [6.45, 7) is 10.1. The summed E-state index contributed by atoms with van der Waals surface area (Å²) in [5.41, 5.74) is 1.47. The fraction of sp³-hybridized carbons (Fsp3) is 1.00. The van der Waals surface area contributed by atoms with E-state index in [-0.39, 0.29) is 5.41 Å². The van der Waals surface area contributed by atoms with Gasteiger partial charge < -0.3 is 5.11 Å². The minimum atomic E-state index is 0.282. The summed E-state index contributed by atoms with van der Waals surface area (Å²) in [6.07, 6.45) is 5.56. The number of aliphatic hydroxyl groups excluding tert-OH is 1. The Labute approximate surface area is 99.6 Å². The van der Waals surface area contributed by atoms with Gasteiger partial charge in [0.05, 0.1) is 0 Å². The van der Waals surface area contributed by atoms with Crippen LogP contribution < -0.4 is 0 Å². The van der Waals surface area contributed by atoms with Gasteiger partial charge in [0.25, 0.3) is 0 Å². The van der Waals surface area contributed by atoms with E-state index in [4.69, 9.17) is 0 Å². The van der Waals surface area contributed by atoms with Crippen LogP contribution in [0.2, 0.25) is 0 Å². The first-order chi connectivity index (χ1) is 7.33. The van der Waals surface area contributed by atoms with Gasteiger partial charge in [0, 0.05) is 6.61 Å². The van der Waals surface area contributed by atoms with Gasteiger partial charge in [0.15, 0.2) is 0 Å². The third kappa shape index (κ3) is 1.21. The van der Waals surface area contributed by atoms with Gasteiger partial charge in [-0.05, 0) is 59.7 Å². The van der Waals surface area contributed by atoms with Crippen LogP contribution in [0.15, 0.2) is 0 Å². The van der Waals surface area contributed by atoms with Gasteiger partial charge >= 0.3 is 0 Å². The number of aliphatic hydroxyl groups is 1.